The van der Waals surface area contributed by atoms with Crippen LogP contribution in [0.25, 0.3) is 0 Å². The molecule has 0 spiro atoms. The molecular weight excluding hydrogens is 158 g/mol. The molecule has 1 fully saturated rings. The predicted molar refractivity (Wildman–Crippen MR) is 55.6 cm³/mol. The molecule has 1 aromatic carbocycles. The summed E-state index contributed by atoms with van der Waals surface area (Å²) in [5.74, 6) is 0.757. The number of benzene rings is 1. The summed E-state index contributed by atoms with van der Waals surface area (Å²) >= 11 is 0. The maximum absolute atomic E-state index is 3.82. The molecule has 1 radical (unpaired) electrons. The van der Waals surface area contributed by atoms with Crippen molar-refractivity contribution >= 4 is 0 Å². The number of rotatable bonds is 4. The molecule has 1 aliphatic carbocycles. The molecule has 1 aromatic rings. The minimum atomic E-state index is 0.712. The lowest BCUT2D eigenvalue weighted by Crippen LogP contribution is -2.18. The Balaban J connectivity index is 1.86. The summed E-state index contributed by atoms with van der Waals surface area (Å²) in [4.78, 5) is 0. The van der Waals surface area contributed by atoms with Gasteiger partial charge in [-0.05, 0) is 24.9 Å². The molecule has 1 heteroatoms. The van der Waals surface area contributed by atoms with Gasteiger partial charge in [0.15, 0.2) is 0 Å². The Labute approximate surface area is 80.2 Å². The number of nitrogens with one attached hydrogen (secondary N) is 1. The summed E-state index contributed by atoms with van der Waals surface area (Å²) in [5, 5.41) is 3.49. The van der Waals surface area contributed by atoms with E-state index in [0.29, 0.717) is 6.04 Å². The second-order valence-corrected chi connectivity index (χ2v) is 3.67. The lowest BCUT2D eigenvalue weighted by Gasteiger charge is -2.01. The van der Waals surface area contributed by atoms with Crippen LogP contribution in [0.3, 0.4) is 0 Å². The van der Waals surface area contributed by atoms with Gasteiger partial charge >= 0.3 is 0 Å². The maximum atomic E-state index is 3.82. The molecule has 2 atom stereocenters. The molecule has 2 rings (SSSR count). The molecule has 1 saturated carbocycles. The van der Waals surface area contributed by atoms with E-state index in [9.17, 15) is 0 Å². The number of hydrogen-bond donors (Lipinski definition) is 1. The molecule has 13 heavy (non-hydrogen) atoms. The van der Waals surface area contributed by atoms with Gasteiger partial charge in [0.05, 0.1) is 0 Å². The molecule has 1 N–H and O–H groups in total. The molecule has 0 bridgehead atoms. The zero-order valence-electron chi connectivity index (χ0n) is 7.87. The summed E-state index contributed by atoms with van der Waals surface area (Å²) in [6.07, 6.45) is 2.28. The first kappa shape index (κ1) is 8.76. The van der Waals surface area contributed by atoms with Crippen LogP contribution in [0.4, 0.5) is 0 Å². The van der Waals surface area contributed by atoms with E-state index in [2.05, 4.69) is 42.6 Å². The van der Waals surface area contributed by atoms with Crippen molar-refractivity contribution in [1.29, 1.82) is 0 Å². The van der Waals surface area contributed by atoms with E-state index in [-0.39, 0.29) is 0 Å². The molecule has 2 unspecified atom stereocenters. The lowest BCUT2D eigenvalue weighted by molar-refractivity contribution is 0.675. The summed E-state index contributed by atoms with van der Waals surface area (Å²) in [6, 6.07) is 11.5. The van der Waals surface area contributed by atoms with E-state index in [0.717, 1.165) is 18.9 Å². The Morgan fingerprint density at radius 1 is 1.31 bits per heavy atom. The quantitative estimate of drug-likeness (QED) is 0.739. The monoisotopic (exact) mass is 174 g/mol. The van der Waals surface area contributed by atoms with Gasteiger partial charge in [-0.3, -0.25) is 0 Å². The highest BCUT2D eigenvalue weighted by Gasteiger charge is 2.37. The topological polar surface area (TPSA) is 12.0 Å². The zero-order chi connectivity index (χ0) is 9.10. The molecule has 0 aromatic heterocycles. The summed E-state index contributed by atoms with van der Waals surface area (Å²) in [6.45, 7) is 4.87. The first-order valence-corrected chi connectivity index (χ1v) is 4.99. The largest absolute Gasteiger partial charge is 0.313 e. The first-order valence-electron chi connectivity index (χ1n) is 4.99. The van der Waals surface area contributed by atoms with Crippen molar-refractivity contribution in [3.63, 3.8) is 0 Å². The average molecular weight is 174 g/mol. The van der Waals surface area contributed by atoms with E-state index in [1.807, 2.05) is 0 Å². The zero-order valence-corrected chi connectivity index (χ0v) is 7.87. The van der Waals surface area contributed by atoms with Crippen molar-refractivity contribution in [2.24, 2.45) is 0 Å². The highest BCUT2D eigenvalue weighted by Crippen LogP contribution is 2.40. The van der Waals surface area contributed by atoms with Crippen molar-refractivity contribution < 1.29 is 0 Å². The molecule has 0 amide bonds. The fourth-order valence-electron chi connectivity index (χ4n) is 1.78. The van der Waals surface area contributed by atoms with Crippen molar-refractivity contribution in [1.82, 2.24) is 5.32 Å². The van der Waals surface area contributed by atoms with Crippen LogP contribution in [-0.2, 0) is 0 Å². The Kier molecular flexibility index (Phi) is 2.65. The van der Waals surface area contributed by atoms with Crippen LogP contribution in [-0.4, -0.2) is 12.6 Å². The minimum Gasteiger partial charge on any atom is -0.313 e. The Morgan fingerprint density at radius 2 is 2.08 bits per heavy atom. The van der Waals surface area contributed by atoms with Gasteiger partial charge in [-0.2, -0.15) is 0 Å². The second kappa shape index (κ2) is 3.93. The van der Waals surface area contributed by atoms with Crippen molar-refractivity contribution in [2.75, 3.05) is 6.54 Å². The third-order valence-corrected chi connectivity index (χ3v) is 2.60. The van der Waals surface area contributed by atoms with E-state index in [4.69, 9.17) is 0 Å². The summed E-state index contributed by atoms with van der Waals surface area (Å²) < 4.78 is 0. The van der Waals surface area contributed by atoms with Crippen molar-refractivity contribution in [3.05, 3.63) is 42.8 Å². The first-order chi connectivity index (χ1) is 6.42. The van der Waals surface area contributed by atoms with Crippen LogP contribution in [0.2, 0.25) is 0 Å². The fourth-order valence-corrected chi connectivity index (χ4v) is 1.78. The summed E-state index contributed by atoms with van der Waals surface area (Å²) in [7, 11) is 0. The van der Waals surface area contributed by atoms with Crippen LogP contribution in [0.1, 0.15) is 24.3 Å². The molecule has 0 aliphatic heterocycles. The van der Waals surface area contributed by atoms with Crippen molar-refractivity contribution in [2.45, 2.75) is 24.8 Å². The van der Waals surface area contributed by atoms with Gasteiger partial charge in [0, 0.05) is 12.0 Å². The standard InChI is InChI=1S/C12H16N/c1-2-8-13-12-9-11(12)10-6-4-3-5-7-10/h3-7,11-13H,1-2,8-9H2. The fraction of sp³-hybridized carbons (Fsp3) is 0.417. The van der Waals surface area contributed by atoms with Gasteiger partial charge in [0.25, 0.3) is 0 Å². The van der Waals surface area contributed by atoms with Crippen LogP contribution in [0.5, 0.6) is 0 Å². The maximum Gasteiger partial charge on any atom is 0.0143 e. The van der Waals surface area contributed by atoms with Crippen LogP contribution < -0.4 is 5.32 Å². The van der Waals surface area contributed by atoms with Crippen LogP contribution in [0, 0.1) is 6.92 Å². The van der Waals surface area contributed by atoms with E-state index in [1.54, 1.807) is 0 Å². The van der Waals surface area contributed by atoms with Gasteiger partial charge in [-0.15, -0.1) is 0 Å². The molecule has 0 heterocycles. The molecule has 1 nitrogen and oxygen atoms in total. The summed E-state index contributed by atoms with van der Waals surface area (Å²) in [5.41, 5.74) is 1.48. The Morgan fingerprint density at radius 3 is 2.77 bits per heavy atom. The predicted octanol–water partition coefficient (Wildman–Crippen LogP) is 2.36. The Hall–Kier alpha value is -0.820. The van der Waals surface area contributed by atoms with Crippen molar-refractivity contribution in [3.8, 4) is 0 Å². The molecule has 69 valence electrons. The van der Waals surface area contributed by atoms with Gasteiger partial charge in [0.2, 0.25) is 0 Å². The van der Waals surface area contributed by atoms with Gasteiger partial charge < -0.3 is 5.32 Å². The number of hydrogen-bond acceptors (Lipinski definition) is 1. The normalized spacial score (nSPS) is 25.9. The highest BCUT2D eigenvalue weighted by atomic mass is 15.0. The third-order valence-electron chi connectivity index (χ3n) is 2.60. The molecular formula is C12H16N. The smallest absolute Gasteiger partial charge is 0.0143 e. The van der Waals surface area contributed by atoms with Gasteiger partial charge in [-0.25, -0.2) is 0 Å². The Bertz CT molecular complexity index is 255. The molecule has 1 aliphatic rings. The van der Waals surface area contributed by atoms with E-state index >= 15 is 0 Å². The lowest BCUT2D eigenvalue weighted by atomic mass is 10.1. The van der Waals surface area contributed by atoms with E-state index < -0.39 is 0 Å². The average Bonchev–Trinajstić information content (AvgIpc) is 2.95. The SMILES string of the molecule is [CH2]CCNC1CC1c1ccccc1. The highest BCUT2D eigenvalue weighted by molar-refractivity contribution is 5.27. The third kappa shape index (κ3) is 2.10. The molecule has 0 saturated heterocycles. The van der Waals surface area contributed by atoms with Crippen LogP contribution >= 0.6 is 0 Å². The minimum absolute atomic E-state index is 0.712. The van der Waals surface area contributed by atoms with Crippen LogP contribution in [0.15, 0.2) is 30.3 Å². The second-order valence-electron chi connectivity index (χ2n) is 3.67. The van der Waals surface area contributed by atoms with Gasteiger partial charge in [-0.1, -0.05) is 37.3 Å². The van der Waals surface area contributed by atoms with Gasteiger partial charge in [0.1, 0.15) is 0 Å². The van der Waals surface area contributed by atoms with E-state index in [1.165, 1.54) is 12.0 Å².